The minimum Gasteiger partial charge on any atom is -0.398 e. The first-order valence-electron chi connectivity index (χ1n) is 8.34. The maximum atomic E-state index is 13.1. The third kappa shape index (κ3) is 3.97. The average Bonchev–Trinajstić information content (AvgIpc) is 3.40. The van der Waals surface area contributed by atoms with Crippen molar-refractivity contribution in [2.75, 3.05) is 5.73 Å². The molecule has 3 rings (SSSR count). The maximum Gasteiger partial charge on any atom is 0.218 e. The molecule has 1 saturated carbocycles. The third-order valence-corrected chi connectivity index (χ3v) is 6.54. The molecule has 0 heterocycles. The number of para-hydroxylation sites is 1. The Morgan fingerprint density at radius 2 is 1.71 bits per heavy atom. The number of rotatable bonds is 7. The molecule has 0 spiro atoms. The molecule has 0 bridgehead atoms. The molecular weight excluding hydrogens is 320 g/mol. The van der Waals surface area contributed by atoms with Crippen LogP contribution >= 0.6 is 0 Å². The summed E-state index contributed by atoms with van der Waals surface area (Å²) in [5, 5.41) is 0. The lowest BCUT2D eigenvalue weighted by molar-refractivity contribution is 0.302. The summed E-state index contributed by atoms with van der Waals surface area (Å²) >= 11 is 0. The van der Waals surface area contributed by atoms with Crippen LogP contribution in [0.25, 0.3) is 0 Å². The standard InChI is InChI=1S/C19H24N2O2S/c1-15(17-11-12-17)21(13-16-7-3-2-4-8-16)24(22,23)14-18-9-5-6-10-19(18)20/h2-10,15,17H,11-14,20H2,1H3. The molecular formula is C19H24N2O2S. The zero-order valence-electron chi connectivity index (χ0n) is 13.9. The van der Waals surface area contributed by atoms with E-state index in [4.69, 9.17) is 5.73 Å². The zero-order valence-corrected chi connectivity index (χ0v) is 14.7. The predicted molar refractivity (Wildman–Crippen MR) is 97.6 cm³/mol. The van der Waals surface area contributed by atoms with E-state index in [2.05, 4.69) is 0 Å². The second-order valence-electron chi connectivity index (χ2n) is 6.56. The number of nitrogens with two attached hydrogens (primary N) is 1. The van der Waals surface area contributed by atoms with Crippen molar-refractivity contribution in [3.8, 4) is 0 Å². The molecule has 0 saturated heterocycles. The molecule has 0 aromatic heterocycles. The predicted octanol–water partition coefficient (Wildman–Crippen LogP) is 3.40. The van der Waals surface area contributed by atoms with Crippen LogP contribution in [0.15, 0.2) is 54.6 Å². The molecule has 0 aliphatic heterocycles. The third-order valence-electron chi connectivity index (χ3n) is 4.69. The second kappa shape index (κ2) is 6.95. The van der Waals surface area contributed by atoms with Gasteiger partial charge in [0.1, 0.15) is 0 Å². The molecule has 0 amide bonds. The number of anilines is 1. The molecule has 1 aliphatic carbocycles. The van der Waals surface area contributed by atoms with E-state index in [-0.39, 0.29) is 11.8 Å². The molecule has 0 radical (unpaired) electrons. The van der Waals surface area contributed by atoms with Crippen LogP contribution in [0.4, 0.5) is 5.69 Å². The summed E-state index contributed by atoms with van der Waals surface area (Å²) in [5.74, 6) is 0.417. The van der Waals surface area contributed by atoms with Gasteiger partial charge in [-0.05, 0) is 42.9 Å². The molecule has 2 N–H and O–H groups in total. The molecule has 2 aromatic rings. The van der Waals surface area contributed by atoms with Gasteiger partial charge in [0.05, 0.1) is 5.75 Å². The normalized spacial score (nSPS) is 16.2. The molecule has 1 aliphatic rings. The largest absolute Gasteiger partial charge is 0.398 e. The van der Waals surface area contributed by atoms with E-state index in [0.29, 0.717) is 23.7 Å². The van der Waals surface area contributed by atoms with Crippen LogP contribution in [0.2, 0.25) is 0 Å². The van der Waals surface area contributed by atoms with E-state index in [1.807, 2.05) is 49.4 Å². The summed E-state index contributed by atoms with van der Waals surface area (Å²) in [6.45, 7) is 2.43. The van der Waals surface area contributed by atoms with Gasteiger partial charge < -0.3 is 5.73 Å². The second-order valence-corrected chi connectivity index (χ2v) is 8.49. The lowest BCUT2D eigenvalue weighted by Crippen LogP contribution is -2.40. The molecule has 1 unspecified atom stereocenters. The highest BCUT2D eigenvalue weighted by atomic mass is 32.2. The Kier molecular flexibility index (Phi) is 4.92. The Labute approximate surface area is 144 Å². The summed E-state index contributed by atoms with van der Waals surface area (Å²) in [4.78, 5) is 0. The van der Waals surface area contributed by atoms with Crippen molar-refractivity contribution in [3.63, 3.8) is 0 Å². The van der Waals surface area contributed by atoms with Crippen molar-refractivity contribution in [2.24, 2.45) is 5.92 Å². The molecule has 1 atom stereocenters. The highest BCUT2D eigenvalue weighted by Crippen LogP contribution is 2.37. The Balaban J connectivity index is 1.87. The fraction of sp³-hybridized carbons (Fsp3) is 0.368. The Morgan fingerprint density at radius 3 is 2.33 bits per heavy atom. The number of nitrogen functional groups attached to an aromatic ring is 1. The van der Waals surface area contributed by atoms with E-state index >= 15 is 0 Å². The van der Waals surface area contributed by atoms with Gasteiger partial charge in [0.25, 0.3) is 0 Å². The first-order chi connectivity index (χ1) is 11.5. The van der Waals surface area contributed by atoms with Gasteiger partial charge in [-0.1, -0.05) is 48.5 Å². The lowest BCUT2D eigenvalue weighted by atomic mass is 10.2. The number of hydrogen-bond donors (Lipinski definition) is 1. The summed E-state index contributed by atoms with van der Waals surface area (Å²) in [7, 11) is -3.45. The quantitative estimate of drug-likeness (QED) is 0.783. The minimum atomic E-state index is -3.45. The van der Waals surface area contributed by atoms with Crippen LogP contribution < -0.4 is 5.73 Å². The zero-order chi connectivity index (χ0) is 17.2. The Hall–Kier alpha value is -1.85. The van der Waals surface area contributed by atoms with E-state index in [0.717, 1.165) is 18.4 Å². The van der Waals surface area contributed by atoms with Gasteiger partial charge in [-0.3, -0.25) is 0 Å². The smallest absolute Gasteiger partial charge is 0.218 e. The van der Waals surface area contributed by atoms with Crippen molar-refractivity contribution >= 4 is 15.7 Å². The van der Waals surface area contributed by atoms with Gasteiger partial charge >= 0.3 is 0 Å². The summed E-state index contributed by atoms with van der Waals surface area (Å²) in [6, 6.07) is 17.0. The van der Waals surface area contributed by atoms with Crippen LogP contribution in [0, 0.1) is 5.92 Å². The van der Waals surface area contributed by atoms with Gasteiger partial charge in [0.2, 0.25) is 10.0 Å². The summed E-state index contributed by atoms with van der Waals surface area (Å²) in [6.07, 6.45) is 2.21. The fourth-order valence-electron chi connectivity index (χ4n) is 3.02. The van der Waals surface area contributed by atoms with Crippen molar-refractivity contribution in [2.45, 2.75) is 38.1 Å². The highest BCUT2D eigenvalue weighted by Gasteiger charge is 2.37. The minimum absolute atomic E-state index is 0.0140. The van der Waals surface area contributed by atoms with E-state index < -0.39 is 10.0 Å². The van der Waals surface area contributed by atoms with Gasteiger partial charge in [0, 0.05) is 18.3 Å². The first kappa shape index (κ1) is 17.0. The van der Waals surface area contributed by atoms with Crippen LogP contribution in [-0.4, -0.2) is 18.8 Å². The number of benzene rings is 2. The SMILES string of the molecule is CC(C1CC1)N(Cc1ccccc1)S(=O)(=O)Cc1ccccc1N. The van der Waals surface area contributed by atoms with Gasteiger partial charge in [-0.15, -0.1) is 0 Å². The summed E-state index contributed by atoms with van der Waals surface area (Å²) in [5.41, 5.74) is 8.15. The molecule has 2 aromatic carbocycles. The maximum absolute atomic E-state index is 13.1. The molecule has 5 heteroatoms. The van der Waals surface area contributed by atoms with Gasteiger partial charge in [-0.2, -0.15) is 4.31 Å². The monoisotopic (exact) mass is 344 g/mol. The van der Waals surface area contributed by atoms with Crippen molar-refractivity contribution < 1.29 is 8.42 Å². The first-order valence-corrected chi connectivity index (χ1v) is 9.95. The highest BCUT2D eigenvalue weighted by molar-refractivity contribution is 7.88. The van der Waals surface area contributed by atoms with E-state index in [1.54, 1.807) is 16.4 Å². The molecule has 4 nitrogen and oxygen atoms in total. The van der Waals surface area contributed by atoms with Gasteiger partial charge in [-0.25, -0.2) is 8.42 Å². The topological polar surface area (TPSA) is 63.4 Å². The summed E-state index contributed by atoms with van der Waals surface area (Å²) < 4.78 is 27.9. The van der Waals surface area contributed by atoms with Crippen LogP contribution in [0.3, 0.4) is 0 Å². The van der Waals surface area contributed by atoms with E-state index in [1.165, 1.54) is 0 Å². The molecule has 128 valence electrons. The Morgan fingerprint density at radius 1 is 1.08 bits per heavy atom. The van der Waals surface area contributed by atoms with Crippen LogP contribution in [0.1, 0.15) is 30.9 Å². The van der Waals surface area contributed by atoms with E-state index in [9.17, 15) is 8.42 Å². The van der Waals surface area contributed by atoms with Gasteiger partial charge in [0.15, 0.2) is 0 Å². The van der Waals surface area contributed by atoms with Crippen molar-refractivity contribution in [1.29, 1.82) is 0 Å². The average molecular weight is 344 g/mol. The fourth-order valence-corrected chi connectivity index (χ4v) is 4.86. The number of sulfonamides is 1. The molecule has 24 heavy (non-hydrogen) atoms. The van der Waals surface area contributed by atoms with Crippen molar-refractivity contribution in [3.05, 3.63) is 65.7 Å². The Bertz CT molecular complexity index is 786. The lowest BCUT2D eigenvalue weighted by Gasteiger charge is -2.29. The van der Waals surface area contributed by atoms with Crippen LogP contribution in [-0.2, 0) is 22.3 Å². The molecule has 1 fully saturated rings. The van der Waals surface area contributed by atoms with Crippen molar-refractivity contribution in [1.82, 2.24) is 4.31 Å². The number of nitrogens with zero attached hydrogens (tertiary/aromatic N) is 1. The number of hydrogen-bond acceptors (Lipinski definition) is 3. The van der Waals surface area contributed by atoms with Crippen LogP contribution in [0.5, 0.6) is 0 Å².